The third-order valence-electron chi connectivity index (χ3n) is 7.43. The van der Waals surface area contributed by atoms with Crippen LogP contribution in [0.2, 0.25) is 5.02 Å². The van der Waals surface area contributed by atoms with E-state index in [0.717, 1.165) is 46.7 Å². The van der Waals surface area contributed by atoms with E-state index in [1.807, 2.05) is 38.4 Å². The molecule has 5 rings (SSSR count). The quantitative estimate of drug-likeness (QED) is 0.283. The van der Waals surface area contributed by atoms with E-state index in [9.17, 15) is 4.79 Å². The Hall–Kier alpha value is -3.22. The standard InChI is InChI=1S/C32H35ClN4OS/c1-35(2)26-14-8-22(9-15-26)20-24-6-5-7-29-31(24)34-37(30(38)21-39-28-18-12-25(33)13-19-28)32(29)23-10-16-27(17-11-23)36(3)4/h8-20,29,32H,5-7,21H2,1-4H3. The van der Waals surface area contributed by atoms with Crippen LogP contribution in [0.5, 0.6) is 0 Å². The zero-order chi connectivity index (χ0) is 27.5. The fourth-order valence-corrected chi connectivity index (χ4v) is 6.20. The minimum Gasteiger partial charge on any atom is -0.378 e. The van der Waals surface area contributed by atoms with Gasteiger partial charge in [-0.3, -0.25) is 4.79 Å². The van der Waals surface area contributed by atoms with Crippen molar-refractivity contribution in [2.45, 2.75) is 30.2 Å². The summed E-state index contributed by atoms with van der Waals surface area (Å²) in [7, 11) is 8.18. The highest BCUT2D eigenvalue weighted by molar-refractivity contribution is 8.00. The fourth-order valence-electron chi connectivity index (χ4n) is 5.32. The molecule has 0 N–H and O–H groups in total. The van der Waals surface area contributed by atoms with Crippen LogP contribution in [0.25, 0.3) is 6.08 Å². The van der Waals surface area contributed by atoms with Gasteiger partial charge in [-0.05, 0) is 90.6 Å². The average Bonchev–Trinajstić information content (AvgIpc) is 3.34. The maximum absolute atomic E-state index is 13.7. The maximum Gasteiger partial charge on any atom is 0.253 e. The predicted octanol–water partition coefficient (Wildman–Crippen LogP) is 7.39. The van der Waals surface area contributed by atoms with Crippen molar-refractivity contribution in [1.82, 2.24) is 5.01 Å². The summed E-state index contributed by atoms with van der Waals surface area (Å²) < 4.78 is 0. The van der Waals surface area contributed by atoms with Crippen LogP contribution in [-0.4, -0.2) is 50.6 Å². The number of fused-ring (bicyclic) bond motifs is 1. The number of nitrogens with zero attached hydrogens (tertiary/aromatic N) is 4. The Morgan fingerprint density at radius 3 is 2.18 bits per heavy atom. The van der Waals surface area contributed by atoms with E-state index in [1.54, 1.807) is 5.01 Å². The molecule has 0 radical (unpaired) electrons. The summed E-state index contributed by atoms with van der Waals surface area (Å²) in [5.74, 6) is 0.525. The topological polar surface area (TPSA) is 39.1 Å². The Morgan fingerprint density at radius 2 is 1.56 bits per heavy atom. The second-order valence-corrected chi connectivity index (χ2v) is 12.0. The van der Waals surface area contributed by atoms with Gasteiger partial charge < -0.3 is 9.80 Å². The molecule has 7 heteroatoms. The van der Waals surface area contributed by atoms with Crippen LogP contribution in [0, 0.1) is 5.92 Å². The highest BCUT2D eigenvalue weighted by atomic mass is 35.5. The van der Waals surface area contributed by atoms with E-state index in [1.165, 1.54) is 23.0 Å². The molecule has 0 spiro atoms. The normalized spacial score (nSPS) is 19.6. The van der Waals surface area contributed by atoms with Crippen molar-refractivity contribution in [3.63, 3.8) is 0 Å². The Balaban J connectivity index is 1.45. The Morgan fingerprint density at radius 1 is 0.949 bits per heavy atom. The van der Waals surface area contributed by atoms with E-state index in [4.69, 9.17) is 16.7 Å². The molecule has 1 aliphatic heterocycles. The second-order valence-electron chi connectivity index (χ2n) is 10.6. The summed E-state index contributed by atoms with van der Waals surface area (Å²) in [4.78, 5) is 18.9. The Kier molecular flexibility index (Phi) is 8.34. The summed E-state index contributed by atoms with van der Waals surface area (Å²) in [6.45, 7) is 0. The maximum atomic E-state index is 13.7. The summed E-state index contributed by atoms with van der Waals surface area (Å²) in [5.41, 5.74) is 6.90. The van der Waals surface area contributed by atoms with Gasteiger partial charge in [0.05, 0.1) is 17.5 Å². The molecule has 2 atom stereocenters. The van der Waals surface area contributed by atoms with Crippen molar-refractivity contribution in [3.05, 3.63) is 94.5 Å². The van der Waals surface area contributed by atoms with Gasteiger partial charge in [-0.25, -0.2) is 5.01 Å². The van der Waals surface area contributed by atoms with Crippen molar-refractivity contribution >= 4 is 52.4 Å². The third-order valence-corrected chi connectivity index (χ3v) is 8.68. The summed E-state index contributed by atoms with van der Waals surface area (Å²) in [6.07, 6.45) is 5.33. The molecule has 202 valence electrons. The fraction of sp³-hybridized carbons (Fsp3) is 0.312. The molecule has 1 heterocycles. The van der Waals surface area contributed by atoms with Crippen LogP contribution < -0.4 is 9.80 Å². The minimum absolute atomic E-state index is 0.0215. The predicted molar refractivity (Wildman–Crippen MR) is 166 cm³/mol. The molecule has 1 aliphatic carbocycles. The van der Waals surface area contributed by atoms with Gasteiger partial charge in [0.1, 0.15) is 0 Å². The molecule has 0 aromatic heterocycles. The first-order valence-electron chi connectivity index (χ1n) is 13.3. The molecule has 0 saturated heterocycles. The van der Waals surface area contributed by atoms with Gasteiger partial charge in [0.2, 0.25) is 0 Å². The van der Waals surface area contributed by atoms with E-state index in [2.05, 4.69) is 78.5 Å². The largest absolute Gasteiger partial charge is 0.378 e. The second kappa shape index (κ2) is 11.9. The number of hydrogen-bond acceptors (Lipinski definition) is 5. The minimum atomic E-state index is -0.102. The van der Waals surface area contributed by atoms with E-state index in [-0.39, 0.29) is 17.9 Å². The lowest BCUT2D eigenvalue weighted by molar-refractivity contribution is -0.130. The van der Waals surface area contributed by atoms with Crippen molar-refractivity contribution in [2.75, 3.05) is 43.7 Å². The summed E-state index contributed by atoms with van der Waals surface area (Å²) in [6, 6.07) is 24.7. The van der Waals surface area contributed by atoms with E-state index >= 15 is 0 Å². The van der Waals surface area contributed by atoms with Crippen LogP contribution in [0.3, 0.4) is 0 Å². The molecule has 1 saturated carbocycles. The number of allylic oxidation sites excluding steroid dienone is 1. The molecule has 2 aliphatic rings. The molecule has 0 bridgehead atoms. The lowest BCUT2D eigenvalue weighted by Crippen LogP contribution is -2.32. The molecule has 39 heavy (non-hydrogen) atoms. The smallest absolute Gasteiger partial charge is 0.253 e. The van der Waals surface area contributed by atoms with E-state index in [0.29, 0.717) is 10.8 Å². The highest BCUT2D eigenvalue weighted by Gasteiger charge is 2.43. The van der Waals surface area contributed by atoms with Gasteiger partial charge in [0.15, 0.2) is 0 Å². The number of benzene rings is 3. The molecule has 3 aromatic carbocycles. The summed E-state index contributed by atoms with van der Waals surface area (Å²) >= 11 is 7.57. The first-order valence-corrected chi connectivity index (χ1v) is 14.7. The first kappa shape index (κ1) is 27.4. The molecule has 5 nitrogen and oxygen atoms in total. The third kappa shape index (κ3) is 6.18. The average molecular weight is 559 g/mol. The number of anilines is 2. The van der Waals surface area contributed by atoms with Gasteiger partial charge in [-0.1, -0.05) is 35.9 Å². The monoisotopic (exact) mass is 558 g/mol. The Labute approximate surface area is 241 Å². The lowest BCUT2D eigenvalue weighted by Gasteiger charge is -2.30. The number of thioether (sulfide) groups is 1. The van der Waals surface area contributed by atoms with Crippen LogP contribution in [0.1, 0.15) is 36.4 Å². The van der Waals surface area contributed by atoms with Crippen LogP contribution in [0.15, 0.2) is 88.4 Å². The first-order chi connectivity index (χ1) is 18.8. The summed E-state index contributed by atoms with van der Waals surface area (Å²) in [5, 5.41) is 7.51. The van der Waals surface area contributed by atoms with Crippen molar-refractivity contribution < 1.29 is 4.79 Å². The van der Waals surface area contributed by atoms with E-state index < -0.39 is 0 Å². The van der Waals surface area contributed by atoms with Crippen LogP contribution >= 0.6 is 23.4 Å². The molecule has 1 fully saturated rings. The number of amides is 1. The van der Waals surface area contributed by atoms with Gasteiger partial charge in [-0.2, -0.15) is 5.10 Å². The van der Waals surface area contributed by atoms with Gasteiger partial charge in [0, 0.05) is 55.4 Å². The van der Waals surface area contributed by atoms with Crippen molar-refractivity contribution in [1.29, 1.82) is 0 Å². The number of hydrazone groups is 1. The number of carbonyl (C=O) groups is 1. The zero-order valence-electron chi connectivity index (χ0n) is 23.0. The molecular formula is C32H35ClN4OS. The van der Waals surface area contributed by atoms with Gasteiger partial charge in [0.25, 0.3) is 5.91 Å². The van der Waals surface area contributed by atoms with Crippen LogP contribution in [0.4, 0.5) is 11.4 Å². The lowest BCUT2D eigenvalue weighted by atomic mass is 9.77. The van der Waals surface area contributed by atoms with Gasteiger partial charge >= 0.3 is 0 Å². The molecule has 3 aromatic rings. The zero-order valence-corrected chi connectivity index (χ0v) is 24.5. The number of halogens is 1. The SMILES string of the molecule is CN(C)c1ccc(C=C2CCCC3C2=NN(C(=O)CSc2ccc(Cl)cc2)C3c2ccc(N(C)C)cc2)cc1. The molecule has 1 amide bonds. The van der Waals surface area contributed by atoms with Gasteiger partial charge in [-0.15, -0.1) is 11.8 Å². The Bertz CT molecular complexity index is 1360. The number of hydrogen-bond donors (Lipinski definition) is 0. The molecular weight excluding hydrogens is 524 g/mol. The number of rotatable bonds is 7. The number of carbonyl (C=O) groups excluding carboxylic acids is 1. The highest BCUT2D eigenvalue weighted by Crippen LogP contribution is 2.45. The molecule has 2 unspecified atom stereocenters. The van der Waals surface area contributed by atoms with Crippen molar-refractivity contribution in [2.24, 2.45) is 11.0 Å². The van der Waals surface area contributed by atoms with Crippen LogP contribution in [-0.2, 0) is 4.79 Å². The van der Waals surface area contributed by atoms with Crippen molar-refractivity contribution in [3.8, 4) is 0 Å².